The lowest BCUT2D eigenvalue weighted by Gasteiger charge is -2.31. The zero-order valence-corrected chi connectivity index (χ0v) is 16.0. The molecule has 0 bridgehead atoms. The van der Waals surface area contributed by atoms with E-state index in [4.69, 9.17) is 34.8 Å². The van der Waals surface area contributed by atoms with Crippen LogP contribution in [-0.2, 0) is 10.0 Å². The number of sulfonamides is 1. The van der Waals surface area contributed by atoms with Gasteiger partial charge in [-0.2, -0.15) is 12.8 Å². The molecule has 1 aliphatic rings. The average molecular weight is 417 g/mol. The zero-order valence-electron chi connectivity index (χ0n) is 12.9. The molecule has 0 N–H and O–H groups in total. The van der Waals surface area contributed by atoms with Crippen molar-refractivity contribution in [2.24, 2.45) is 4.40 Å². The summed E-state index contributed by atoms with van der Waals surface area (Å²) in [4.78, 5) is 12.4. The van der Waals surface area contributed by atoms with Crippen molar-refractivity contribution in [1.82, 2.24) is 0 Å². The summed E-state index contributed by atoms with van der Waals surface area (Å²) in [6.45, 7) is 1.84. The maximum atomic E-state index is 12.6. The van der Waals surface area contributed by atoms with Crippen molar-refractivity contribution in [3.63, 3.8) is 0 Å². The number of hydrogen-bond donors (Lipinski definition) is 0. The monoisotopic (exact) mass is 415 g/mol. The minimum Gasteiger partial charge on any atom is -0.291 e. The van der Waals surface area contributed by atoms with Crippen molar-refractivity contribution in [3.8, 4) is 0 Å². The number of carbonyl (C=O) groups excluding carboxylic acids is 1. The van der Waals surface area contributed by atoms with Crippen molar-refractivity contribution < 1.29 is 13.2 Å². The van der Waals surface area contributed by atoms with E-state index in [0.29, 0.717) is 5.56 Å². The van der Waals surface area contributed by atoms with Crippen LogP contribution >= 0.6 is 34.8 Å². The molecule has 0 saturated carbocycles. The molecule has 0 amide bonds. The predicted molar refractivity (Wildman–Crippen MR) is 99.8 cm³/mol. The first-order valence-electron chi connectivity index (χ1n) is 7.22. The van der Waals surface area contributed by atoms with Gasteiger partial charge in [0.25, 0.3) is 10.0 Å². The van der Waals surface area contributed by atoms with E-state index in [1.807, 2.05) is 6.92 Å². The SMILES string of the molecule is Cc1ccc(S(=O)(=O)/N=C2\c3ccccc3C(=O)C(Cl)(Cl)C2Cl)cc1. The number of carbonyl (C=O) groups is 1. The van der Waals surface area contributed by atoms with Gasteiger partial charge in [-0.25, -0.2) is 0 Å². The summed E-state index contributed by atoms with van der Waals surface area (Å²) >= 11 is 18.4. The van der Waals surface area contributed by atoms with Gasteiger partial charge in [-0.1, -0.05) is 65.2 Å². The summed E-state index contributed by atoms with van der Waals surface area (Å²) < 4.78 is 27.1. The number of benzene rings is 2. The number of alkyl halides is 3. The largest absolute Gasteiger partial charge is 0.291 e. The molecule has 130 valence electrons. The number of Topliss-reactive ketones (excluding diaryl/α,β-unsaturated/α-hetero) is 1. The first kappa shape index (κ1) is 18.4. The summed E-state index contributed by atoms with van der Waals surface area (Å²) in [5.41, 5.74) is 1.35. The van der Waals surface area contributed by atoms with Crippen LogP contribution in [0.15, 0.2) is 57.8 Å². The Hall–Kier alpha value is -1.40. The van der Waals surface area contributed by atoms with E-state index >= 15 is 0 Å². The van der Waals surface area contributed by atoms with Crippen LogP contribution in [-0.4, -0.2) is 29.6 Å². The highest BCUT2D eigenvalue weighted by atomic mass is 35.5. The molecule has 0 aromatic heterocycles. The third-order valence-electron chi connectivity index (χ3n) is 3.85. The number of ketones is 1. The molecule has 2 aromatic carbocycles. The molecule has 2 aromatic rings. The molecule has 25 heavy (non-hydrogen) atoms. The molecular formula is C17H12Cl3NO3S. The number of rotatable bonds is 2. The number of halogens is 3. The van der Waals surface area contributed by atoms with Crippen LogP contribution in [0.3, 0.4) is 0 Å². The molecule has 0 radical (unpaired) electrons. The topological polar surface area (TPSA) is 63.6 Å². The van der Waals surface area contributed by atoms with Crippen LogP contribution < -0.4 is 0 Å². The molecule has 3 rings (SSSR count). The lowest BCUT2D eigenvalue weighted by molar-refractivity contribution is 0.0972. The van der Waals surface area contributed by atoms with Crippen molar-refractivity contribution in [2.75, 3.05) is 0 Å². The van der Waals surface area contributed by atoms with Crippen LogP contribution in [0.5, 0.6) is 0 Å². The summed E-state index contributed by atoms with van der Waals surface area (Å²) in [7, 11) is -4.05. The summed E-state index contributed by atoms with van der Waals surface area (Å²) in [5, 5.41) is -1.31. The maximum Gasteiger partial charge on any atom is 0.282 e. The third-order valence-corrected chi connectivity index (χ3v) is 6.69. The summed E-state index contributed by atoms with van der Waals surface area (Å²) in [6.07, 6.45) is 0. The molecule has 1 unspecified atom stereocenters. The molecule has 8 heteroatoms. The molecule has 0 aliphatic heterocycles. The van der Waals surface area contributed by atoms with Gasteiger partial charge in [0.1, 0.15) is 5.38 Å². The van der Waals surface area contributed by atoms with E-state index in [-0.39, 0.29) is 16.2 Å². The second-order valence-electron chi connectivity index (χ2n) is 5.62. The fourth-order valence-corrected chi connectivity index (χ4v) is 4.28. The van der Waals surface area contributed by atoms with Gasteiger partial charge in [0.05, 0.1) is 10.6 Å². The highest BCUT2D eigenvalue weighted by molar-refractivity contribution is 7.90. The molecule has 0 spiro atoms. The van der Waals surface area contributed by atoms with Gasteiger partial charge in [0.2, 0.25) is 10.1 Å². The molecular weight excluding hydrogens is 405 g/mol. The Labute approximate surface area is 160 Å². The minimum atomic E-state index is -4.05. The fourth-order valence-electron chi connectivity index (χ4n) is 2.50. The van der Waals surface area contributed by atoms with Crippen molar-refractivity contribution in [2.45, 2.75) is 21.5 Å². The van der Waals surface area contributed by atoms with Crippen LogP contribution in [0, 0.1) is 6.92 Å². The Balaban J connectivity index is 2.21. The average Bonchev–Trinajstić information content (AvgIpc) is 2.58. The predicted octanol–water partition coefficient (Wildman–Crippen LogP) is 4.15. The third kappa shape index (κ3) is 3.22. The molecule has 1 aliphatic carbocycles. The number of hydrogen-bond acceptors (Lipinski definition) is 3. The minimum absolute atomic E-state index is 0.0126. The van der Waals surface area contributed by atoms with E-state index in [1.54, 1.807) is 30.3 Å². The lowest BCUT2D eigenvalue weighted by atomic mass is 9.88. The van der Waals surface area contributed by atoms with Crippen LogP contribution in [0.2, 0.25) is 0 Å². The smallest absolute Gasteiger partial charge is 0.282 e. The Kier molecular flexibility index (Phi) is 4.71. The van der Waals surface area contributed by atoms with E-state index < -0.39 is 25.5 Å². The van der Waals surface area contributed by atoms with E-state index in [9.17, 15) is 13.2 Å². The van der Waals surface area contributed by atoms with Gasteiger partial charge >= 0.3 is 0 Å². The Morgan fingerprint density at radius 3 is 2.16 bits per heavy atom. The quantitative estimate of drug-likeness (QED) is 0.691. The van der Waals surface area contributed by atoms with Gasteiger partial charge in [0.15, 0.2) is 0 Å². The zero-order chi connectivity index (χ0) is 18.4. The second-order valence-corrected chi connectivity index (χ2v) is 9.05. The van der Waals surface area contributed by atoms with Gasteiger partial charge in [-0.15, -0.1) is 11.6 Å². The highest BCUT2D eigenvalue weighted by Gasteiger charge is 2.50. The molecule has 4 nitrogen and oxygen atoms in total. The fraction of sp³-hybridized carbons (Fsp3) is 0.176. The van der Waals surface area contributed by atoms with Gasteiger partial charge in [0, 0.05) is 11.1 Å². The Bertz CT molecular complexity index is 982. The number of aryl methyl sites for hydroxylation is 1. The maximum absolute atomic E-state index is 12.6. The van der Waals surface area contributed by atoms with Crippen molar-refractivity contribution >= 4 is 56.3 Å². The number of nitrogens with zero attached hydrogens (tertiary/aromatic N) is 1. The summed E-state index contributed by atoms with van der Waals surface area (Å²) in [5.74, 6) is -0.585. The van der Waals surface area contributed by atoms with Gasteiger partial charge in [-0.05, 0) is 19.1 Å². The first-order valence-corrected chi connectivity index (χ1v) is 9.85. The van der Waals surface area contributed by atoms with E-state index in [2.05, 4.69) is 4.40 Å². The van der Waals surface area contributed by atoms with Crippen molar-refractivity contribution in [1.29, 1.82) is 0 Å². The lowest BCUT2D eigenvalue weighted by Crippen LogP contribution is -2.46. The molecule has 1 atom stereocenters. The highest BCUT2D eigenvalue weighted by Crippen LogP contribution is 2.41. The molecule has 0 fully saturated rings. The Morgan fingerprint density at radius 2 is 1.56 bits per heavy atom. The molecule has 0 saturated heterocycles. The van der Waals surface area contributed by atoms with Gasteiger partial charge < -0.3 is 0 Å². The van der Waals surface area contributed by atoms with Crippen LogP contribution in [0.4, 0.5) is 0 Å². The normalized spacial score (nSPS) is 21.2. The first-order chi connectivity index (χ1) is 11.6. The van der Waals surface area contributed by atoms with E-state index in [1.165, 1.54) is 18.2 Å². The van der Waals surface area contributed by atoms with Gasteiger partial charge in [-0.3, -0.25) is 4.79 Å². The van der Waals surface area contributed by atoms with Crippen LogP contribution in [0.1, 0.15) is 21.5 Å². The number of fused-ring (bicyclic) bond motifs is 1. The summed E-state index contributed by atoms with van der Waals surface area (Å²) in [6, 6.07) is 12.6. The standard InChI is InChI=1S/C17H12Cl3NO3S/c1-10-6-8-11(9-7-10)25(23,24)21-14-12-4-2-3-5-13(12)16(22)17(19,20)15(14)18/h2-9,15H,1H3/b21-14+. The second kappa shape index (κ2) is 6.40. The van der Waals surface area contributed by atoms with Crippen LogP contribution in [0.25, 0.3) is 0 Å². The van der Waals surface area contributed by atoms with Crippen molar-refractivity contribution in [3.05, 3.63) is 65.2 Å². The molecule has 0 heterocycles. The van der Waals surface area contributed by atoms with E-state index in [0.717, 1.165) is 5.56 Å². The Morgan fingerprint density at radius 1 is 1.00 bits per heavy atom.